The molecule has 7 heteroatoms. The quantitative estimate of drug-likeness (QED) is 0.238. The van der Waals surface area contributed by atoms with E-state index in [1.54, 1.807) is 0 Å². The number of anilines is 3. The third-order valence-corrected chi connectivity index (χ3v) is 1.63. The number of rotatable bonds is 1. The summed E-state index contributed by atoms with van der Waals surface area (Å²) in [4.78, 5) is 0. The van der Waals surface area contributed by atoms with Gasteiger partial charge in [-0.2, -0.15) is 0 Å². The lowest BCUT2D eigenvalue weighted by atomic mass is 9.78. The summed E-state index contributed by atoms with van der Waals surface area (Å²) >= 11 is 0. The van der Waals surface area contributed by atoms with Crippen molar-refractivity contribution in [3.05, 3.63) is 12.1 Å². The number of hydrogen-bond acceptors (Lipinski definition) is 5. The number of nitrogen functional groups attached to an aromatic ring is 3. The highest BCUT2D eigenvalue weighted by molar-refractivity contribution is 6.60. The van der Waals surface area contributed by atoms with Gasteiger partial charge in [-0.25, -0.2) is 0 Å². The van der Waals surface area contributed by atoms with Crippen molar-refractivity contribution in [2.45, 2.75) is 0 Å². The Morgan fingerprint density at radius 2 is 1.54 bits per heavy atom. The molecule has 1 aromatic carbocycles. The molecule has 0 fully saturated rings. The third-order valence-electron chi connectivity index (χ3n) is 1.63. The smallest absolute Gasteiger partial charge is 0.423 e. The van der Waals surface area contributed by atoms with Gasteiger partial charge in [0.25, 0.3) is 0 Å². The van der Waals surface area contributed by atoms with Gasteiger partial charge in [-0.1, -0.05) is 6.07 Å². The third kappa shape index (κ3) is 2.02. The first-order chi connectivity index (χ1) is 5.54. The minimum absolute atomic E-state index is 0. The Kier molecular flexibility index (Phi) is 3.55. The molecule has 0 spiro atoms. The molecule has 0 aliphatic rings. The van der Waals surface area contributed by atoms with Gasteiger partial charge in [0.15, 0.2) is 0 Å². The monoisotopic (exact) mass is 185 g/mol. The standard InChI is InChI=1S/C6H10BN3O2.H2O/c8-4-2-1-3(7(11)12)5(9)6(4)10;/h1-2,11-12H,8-10H2;1H2. The van der Waals surface area contributed by atoms with E-state index in [-0.39, 0.29) is 22.3 Å². The lowest BCUT2D eigenvalue weighted by molar-refractivity contribution is 0.426. The second-order valence-electron chi connectivity index (χ2n) is 2.45. The molecule has 13 heavy (non-hydrogen) atoms. The van der Waals surface area contributed by atoms with Gasteiger partial charge in [-0.15, -0.1) is 0 Å². The predicted molar refractivity (Wildman–Crippen MR) is 53.1 cm³/mol. The highest BCUT2D eigenvalue weighted by Crippen LogP contribution is 2.19. The zero-order valence-corrected chi connectivity index (χ0v) is 6.86. The van der Waals surface area contributed by atoms with Crippen LogP contribution in [-0.4, -0.2) is 22.6 Å². The van der Waals surface area contributed by atoms with Crippen LogP contribution >= 0.6 is 0 Å². The van der Waals surface area contributed by atoms with Crippen molar-refractivity contribution in [1.29, 1.82) is 0 Å². The fraction of sp³-hybridized carbons (Fsp3) is 0. The van der Waals surface area contributed by atoms with Crippen LogP contribution in [0.25, 0.3) is 0 Å². The number of benzene rings is 1. The van der Waals surface area contributed by atoms with Gasteiger partial charge < -0.3 is 32.7 Å². The van der Waals surface area contributed by atoms with E-state index in [2.05, 4.69) is 0 Å². The van der Waals surface area contributed by atoms with Gasteiger partial charge in [0.2, 0.25) is 0 Å². The van der Waals surface area contributed by atoms with Crippen LogP contribution in [0.5, 0.6) is 0 Å². The molecule has 0 heterocycles. The molecular formula is C6H12BN3O3. The van der Waals surface area contributed by atoms with Gasteiger partial charge in [0.05, 0.1) is 17.1 Å². The molecule has 0 saturated heterocycles. The second-order valence-corrected chi connectivity index (χ2v) is 2.45. The van der Waals surface area contributed by atoms with Crippen LogP contribution in [0.2, 0.25) is 0 Å². The summed E-state index contributed by atoms with van der Waals surface area (Å²) in [5, 5.41) is 17.6. The van der Waals surface area contributed by atoms with E-state index >= 15 is 0 Å². The van der Waals surface area contributed by atoms with Gasteiger partial charge >= 0.3 is 7.12 Å². The molecule has 0 saturated carbocycles. The topological polar surface area (TPSA) is 150 Å². The van der Waals surface area contributed by atoms with Crippen LogP contribution in [0.15, 0.2) is 12.1 Å². The maximum absolute atomic E-state index is 8.80. The fourth-order valence-corrected chi connectivity index (χ4v) is 0.895. The van der Waals surface area contributed by atoms with Gasteiger partial charge in [-0.3, -0.25) is 0 Å². The van der Waals surface area contributed by atoms with Gasteiger partial charge in [0.1, 0.15) is 0 Å². The lowest BCUT2D eigenvalue weighted by Gasteiger charge is -2.08. The fourth-order valence-electron chi connectivity index (χ4n) is 0.895. The average molecular weight is 185 g/mol. The molecular weight excluding hydrogens is 173 g/mol. The number of nitrogens with two attached hydrogens (primary N) is 3. The Hall–Kier alpha value is -1.44. The van der Waals surface area contributed by atoms with E-state index in [9.17, 15) is 0 Å². The predicted octanol–water partition coefficient (Wildman–Crippen LogP) is -2.71. The van der Waals surface area contributed by atoms with Crippen molar-refractivity contribution in [3.63, 3.8) is 0 Å². The van der Waals surface area contributed by atoms with Crippen molar-refractivity contribution in [3.8, 4) is 0 Å². The summed E-state index contributed by atoms with van der Waals surface area (Å²) in [6, 6.07) is 2.90. The van der Waals surface area contributed by atoms with E-state index in [4.69, 9.17) is 27.2 Å². The highest BCUT2D eigenvalue weighted by Gasteiger charge is 2.16. The Labute approximate surface area is 75.4 Å². The minimum Gasteiger partial charge on any atom is -0.423 e. The Balaban J connectivity index is 0.00000144. The van der Waals surface area contributed by atoms with Crippen LogP contribution in [0.1, 0.15) is 0 Å². The summed E-state index contributed by atoms with van der Waals surface area (Å²) < 4.78 is 0. The van der Waals surface area contributed by atoms with Gasteiger partial charge in [0, 0.05) is 5.46 Å². The average Bonchev–Trinajstić information content (AvgIpc) is 2.00. The molecule has 1 rings (SSSR count). The Bertz CT molecular complexity index is 305. The molecule has 6 nitrogen and oxygen atoms in total. The zero-order chi connectivity index (χ0) is 9.30. The normalized spacial score (nSPS) is 9.08. The van der Waals surface area contributed by atoms with Crippen LogP contribution in [0.4, 0.5) is 17.1 Å². The highest BCUT2D eigenvalue weighted by atomic mass is 16.4. The first-order valence-electron chi connectivity index (χ1n) is 3.33. The van der Waals surface area contributed by atoms with Crippen LogP contribution in [0.3, 0.4) is 0 Å². The SMILES string of the molecule is Nc1ccc(B(O)O)c(N)c1N.O. The Morgan fingerprint density at radius 3 is 2.00 bits per heavy atom. The zero-order valence-electron chi connectivity index (χ0n) is 6.86. The molecule has 0 aliphatic carbocycles. The molecule has 0 bridgehead atoms. The first kappa shape index (κ1) is 11.6. The van der Waals surface area contributed by atoms with Crippen molar-refractivity contribution in [2.75, 3.05) is 17.2 Å². The molecule has 0 radical (unpaired) electrons. The van der Waals surface area contributed by atoms with Crippen molar-refractivity contribution >= 4 is 29.6 Å². The largest absolute Gasteiger partial charge is 0.490 e. The van der Waals surface area contributed by atoms with Crippen LogP contribution < -0.4 is 22.7 Å². The van der Waals surface area contributed by atoms with Crippen LogP contribution in [0, 0.1) is 0 Å². The molecule has 10 N–H and O–H groups in total. The van der Waals surface area contributed by atoms with Gasteiger partial charge in [-0.05, 0) is 6.07 Å². The van der Waals surface area contributed by atoms with E-state index in [1.807, 2.05) is 0 Å². The van der Waals surface area contributed by atoms with E-state index in [1.165, 1.54) is 12.1 Å². The second kappa shape index (κ2) is 3.99. The van der Waals surface area contributed by atoms with E-state index < -0.39 is 7.12 Å². The molecule has 0 aromatic heterocycles. The van der Waals surface area contributed by atoms with E-state index in [0.717, 1.165) is 0 Å². The molecule has 0 atom stereocenters. The summed E-state index contributed by atoms with van der Waals surface area (Å²) in [6.07, 6.45) is 0. The molecule has 0 unspecified atom stereocenters. The molecule has 0 aliphatic heterocycles. The summed E-state index contributed by atoms with van der Waals surface area (Å²) in [5.41, 5.74) is 17.1. The van der Waals surface area contributed by atoms with E-state index in [0.29, 0.717) is 5.69 Å². The maximum Gasteiger partial charge on any atom is 0.490 e. The minimum atomic E-state index is -1.62. The van der Waals surface area contributed by atoms with Crippen molar-refractivity contribution in [1.82, 2.24) is 0 Å². The first-order valence-corrected chi connectivity index (χ1v) is 3.33. The van der Waals surface area contributed by atoms with Crippen molar-refractivity contribution < 1.29 is 15.5 Å². The summed E-state index contributed by atoms with van der Waals surface area (Å²) in [6.45, 7) is 0. The summed E-state index contributed by atoms with van der Waals surface area (Å²) in [7, 11) is -1.62. The number of hydrogen-bond donors (Lipinski definition) is 5. The molecule has 0 amide bonds. The van der Waals surface area contributed by atoms with Crippen molar-refractivity contribution in [2.24, 2.45) is 0 Å². The Morgan fingerprint density at radius 1 is 1.00 bits per heavy atom. The molecule has 1 aromatic rings. The summed E-state index contributed by atoms with van der Waals surface area (Å²) in [5.74, 6) is 0. The maximum atomic E-state index is 8.80. The lowest BCUT2D eigenvalue weighted by Crippen LogP contribution is -2.33. The van der Waals surface area contributed by atoms with Crippen LogP contribution in [-0.2, 0) is 0 Å². The molecule has 72 valence electrons.